The maximum absolute atomic E-state index is 11.9. The Bertz CT molecular complexity index is 202. The Hall–Kier alpha value is -0.150. The van der Waals surface area contributed by atoms with Crippen molar-refractivity contribution in [3.63, 3.8) is 0 Å². The minimum Gasteiger partial charge on any atom is -0.374 e. The van der Waals surface area contributed by atoms with E-state index in [1.54, 1.807) is 13.8 Å². The lowest BCUT2D eigenvalue weighted by Gasteiger charge is -2.28. The Labute approximate surface area is 79.1 Å². The van der Waals surface area contributed by atoms with Crippen LogP contribution in [-0.4, -0.2) is 23.7 Å². The molecule has 13 heavy (non-hydrogen) atoms. The molecule has 1 unspecified atom stereocenters. The molecule has 0 aromatic rings. The number of aliphatic hydroxyl groups is 1. The van der Waals surface area contributed by atoms with Crippen LogP contribution in [0.1, 0.15) is 20.8 Å². The lowest BCUT2D eigenvalue weighted by Crippen LogP contribution is -2.23. The molecule has 0 bridgehead atoms. The van der Waals surface area contributed by atoms with Crippen LogP contribution in [0.15, 0.2) is 12.7 Å². The Kier molecular flexibility index (Phi) is 4.86. The van der Waals surface area contributed by atoms with Gasteiger partial charge < -0.3 is 14.2 Å². The smallest absolute Gasteiger partial charge is 0.365 e. The zero-order valence-electron chi connectivity index (χ0n) is 8.32. The van der Waals surface area contributed by atoms with Crippen LogP contribution in [0, 0.1) is 0 Å². The first-order valence-corrected chi connectivity index (χ1v) is 5.73. The number of hydrogen-bond donors (Lipinski definition) is 1. The molecule has 0 aromatic carbocycles. The highest BCUT2D eigenvalue weighted by Gasteiger charge is 2.43. The van der Waals surface area contributed by atoms with Gasteiger partial charge in [-0.05, 0) is 26.8 Å². The van der Waals surface area contributed by atoms with Gasteiger partial charge in [0.05, 0.1) is 13.2 Å². The first kappa shape index (κ1) is 12.8. The van der Waals surface area contributed by atoms with E-state index in [2.05, 4.69) is 6.58 Å². The second-order valence-electron chi connectivity index (χ2n) is 2.63. The van der Waals surface area contributed by atoms with Gasteiger partial charge in [-0.15, -0.1) is 0 Å². The average Bonchev–Trinajstić information content (AvgIpc) is 2.05. The van der Waals surface area contributed by atoms with Gasteiger partial charge in [0.1, 0.15) is 0 Å². The van der Waals surface area contributed by atoms with Crippen molar-refractivity contribution < 1.29 is 18.7 Å². The van der Waals surface area contributed by atoms with Crippen LogP contribution >= 0.6 is 7.60 Å². The molecular weight excluding hydrogens is 191 g/mol. The molecule has 0 aliphatic heterocycles. The molecule has 0 amide bonds. The van der Waals surface area contributed by atoms with Crippen molar-refractivity contribution in [1.29, 1.82) is 0 Å². The van der Waals surface area contributed by atoms with Crippen LogP contribution in [0.5, 0.6) is 0 Å². The van der Waals surface area contributed by atoms with Gasteiger partial charge in [-0.1, -0.05) is 6.58 Å². The minimum atomic E-state index is -3.48. The molecule has 5 heteroatoms. The highest BCUT2D eigenvalue weighted by molar-refractivity contribution is 7.55. The van der Waals surface area contributed by atoms with Gasteiger partial charge in [-0.3, -0.25) is 4.57 Å². The fraction of sp³-hybridized carbons (Fsp3) is 0.750. The van der Waals surface area contributed by atoms with E-state index in [0.717, 1.165) is 0 Å². The molecule has 0 rings (SSSR count). The van der Waals surface area contributed by atoms with E-state index in [0.29, 0.717) is 0 Å². The standard InChI is InChI=1S/C8H17O4P/c1-5-8(4,9)13(10,11-6-2)12-7-3/h5,9H,1,6-7H2,2-4H3. The van der Waals surface area contributed by atoms with Crippen LogP contribution in [0.2, 0.25) is 0 Å². The topological polar surface area (TPSA) is 55.8 Å². The van der Waals surface area contributed by atoms with Gasteiger partial charge in [-0.25, -0.2) is 0 Å². The molecule has 0 radical (unpaired) electrons. The zero-order chi connectivity index (χ0) is 10.5. The minimum absolute atomic E-state index is 0.223. The number of rotatable bonds is 6. The molecule has 0 fully saturated rings. The van der Waals surface area contributed by atoms with E-state index in [9.17, 15) is 9.67 Å². The maximum Gasteiger partial charge on any atom is 0.365 e. The fourth-order valence-electron chi connectivity index (χ4n) is 0.750. The van der Waals surface area contributed by atoms with Crippen molar-refractivity contribution in [1.82, 2.24) is 0 Å². The van der Waals surface area contributed by atoms with Gasteiger partial charge in [0, 0.05) is 0 Å². The molecular formula is C8H17O4P. The third-order valence-electron chi connectivity index (χ3n) is 1.54. The highest BCUT2D eigenvalue weighted by Crippen LogP contribution is 2.58. The summed E-state index contributed by atoms with van der Waals surface area (Å²) < 4.78 is 21.8. The molecule has 1 N–H and O–H groups in total. The van der Waals surface area contributed by atoms with Crippen molar-refractivity contribution in [3.05, 3.63) is 12.7 Å². The molecule has 0 aliphatic carbocycles. The molecule has 0 aliphatic rings. The first-order chi connectivity index (χ1) is 5.93. The number of hydrogen-bond acceptors (Lipinski definition) is 4. The van der Waals surface area contributed by atoms with Crippen LogP contribution in [0.25, 0.3) is 0 Å². The lowest BCUT2D eigenvalue weighted by atomic mass is 10.4. The van der Waals surface area contributed by atoms with E-state index in [4.69, 9.17) is 9.05 Å². The molecule has 1 atom stereocenters. The molecule has 0 saturated heterocycles. The summed E-state index contributed by atoms with van der Waals surface area (Å²) in [7, 11) is -3.48. The Morgan fingerprint density at radius 1 is 1.46 bits per heavy atom. The van der Waals surface area contributed by atoms with Crippen molar-refractivity contribution in [2.75, 3.05) is 13.2 Å². The normalized spacial score (nSPS) is 16.6. The monoisotopic (exact) mass is 208 g/mol. The van der Waals surface area contributed by atoms with E-state index < -0.39 is 12.9 Å². The van der Waals surface area contributed by atoms with E-state index >= 15 is 0 Å². The van der Waals surface area contributed by atoms with Crippen LogP contribution in [0.4, 0.5) is 0 Å². The Morgan fingerprint density at radius 3 is 2.08 bits per heavy atom. The van der Waals surface area contributed by atoms with Gasteiger partial charge in [0.2, 0.25) is 0 Å². The van der Waals surface area contributed by atoms with E-state index in [1.807, 2.05) is 0 Å². The maximum atomic E-state index is 11.9. The second-order valence-corrected chi connectivity index (χ2v) is 5.05. The fourth-order valence-corrected chi connectivity index (χ4v) is 2.25. The van der Waals surface area contributed by atoms with Gasteiger partial charge in [0.15, 0.2) is 5.34 Å². The van der Waals surface area contributed by atoms with E-state index in [1.165, 1.54) is 13.0 Å². The lowest BCUT2D eigenvalue weighted by molar-refractivity contribution is 0.115. The summed E-state index contributed by atoms with van der Waals surface area (Å²) in [5.74, 6) is 0. The summed E-state index contributed by atoms with van der Waals surface area (Å²) in [5, 5.41) is 8.05. The average molecular weight is 208 g/mol. The third-order valence-corrected chi connectivity index (χ3v) is 4.03. The molecule has 0 heterocycles. The van der Waals surface area contributed by atoms with Gasteiger partial charge >= 0.3 is 7.60 Å². The van der Waals surface area contributed by atoms with Crippen LogP contribution < -0.4 is 0 Å². The summed E-state index contributed by atoms with van der Waals surface area (Å²) in [6.45, 7) is 8.55. The Morgan fingerprint density at radius 2 is 1.85 bits per heavy atom. The third kappa shape index (κ3) is 2.92. The van der Waals surface area contributed by atoms with Gasteiger partial charge in [-0.2, -0.15) is 0 Å². The SMILES string of the molecule is C=CC(C)(O)P(=O)(OCC)OCC. The van der Waals surface area contributed by atoms with Crippen molar-refractivity contribution in [3.8, 4) is 0 Å². The van der Waals surface area contributed by atoms with Crippen molar-refractivity contribution in [2.45, 2.75) is 26.1 Å². The molecule has 4 nitrogen and oxygen atoms in total. The largest absolute Gasteiger partial charge is 0.374 e. The summed E-state index contributed by atoms with van der Waals surface area (Å²) in [6.07, 6.45) is 1.17. The summed E-state index contributed by atoms with van der Waals surface area (Å²) in [4.78, 5) is 0. The van der Waals surface area contributed by atoms with E-state index in [-0.39, 0.29) is 13.2 Å². The molecule has 0 spiro atoms. The summed E-state index contributed by atoms with van der Waals surface area (Å²) >= 11 is 0. The quantitative estimate of drug-likeness (QED) is 0.536. The Balaban J connectivity index is 4.77. The predicted molar refractivity (Wildman–Crippen MR) is 51.7 cm³/mol. The van der Waals surface area contributed by atoms with Crippen molar-refractivity contribution >= 4 is 7.60 Å². The van der Waals surface area contributed by atoms with Crippen LogP contribution in [0.3, 0.4) is 0 Å². The van der Waals surface area contributed by atoms with Crippen LogP contribution in [-0.2, 0) is 13.6 Å². The summed E-state index contributed by atoms with van der Waals surface area (Å²) in [6, 6.07) is 0. The predicted octanol–water partition coefficient (Wildman–Crippen LogP) is 2.15. The molecule has 0 saturated carbocycles. The molecule has 78 valence electrons. The molecule has 0 aromatic heterocycles. The van der Waals surface area contributed by atoms with Gasteiger partial charge in [0.25, 0.3) is 0 Å². The van der Waals surface area contributed by atoms with Crippen molar-refractivity contribution in [2.24, 2.45) is 0 Å². The highest BCUT2D eigenvalue weighted by atomic mass is 31.2. The summed E-state index contributed by atoms with van der Waals surface area (Å²) in [5.41, 5.74) is 0. The first-order valence-electron chi connectivity index (χ1n) is 4.18. The zero-order valence-corrected chi connectivity index (χ0v) is 9.21. The second kappa shape index (κ2) is 4.91.